The van der Waals surface area contributed by atoms with Crippen LogP contribution in [0, 0.1) is 0 Å². The zero-order valence-electron chi connectivity index (χ0n) is 8.94. The van der Waals surface area contributed by atoms with E-state index in [1.54, 1.807) is 6.07 Å². The van der Waals surface area contributed by atoms with Crippen LogP contribution in [0.25, 0.3) is 21.9 Å². The number of rotatable bonds is 1. The Kier molecular flexibility index (Phi) is 2.09. The molecule has 17 heavy (non-hydrogen) atoms. The minimum Gasteiger partial charge on any atom is -0.455 e. The summed E-state index contributed by atoms with van der Waals surface area (Å²) >= 11 is 0. The number of hydrazine groups is 1. The Hall–Kier alpha value is -2.33. The van der Waals surface area contributed by atoms with Gasteiger partial charge in [-0.1, -0.05) is 30.3 Å². The summed E-state index contributed by atoms with van der Waals surface area (Å²) in [7, 11) is 0. The molecule has 4 heteroatoms. The molecule has 0 unspecified atom stereocenters. The summed E-state index contributed by atoms with van der Waals surface area (Å²) in [6.45, 7) is 0. The molecule has 4 nitrogen and oxygen atoms in total. The number of furan rings is 1. The van der Waals surface area contributed by atoms with E-state index in [4.69, 9.17) is 10.3 Å². The van der Waals surface area contributed by atoms with E-state index < -0.39 is 0 Å². The largest absolute Gasteiger partial charge is 0.455 e. The van der Waals surface area contributed by atoms with Crippen molar-refractivity contribution in [2.45, 2.75) is 0 Å². The van der Waals surface area contributed by atoms with E-state index in [2.05, 4.69) is 5.43 Å². The third-order valence-electron chi connectivity index (χ3n) is 2.78. The summed E-state index contributed by atoms with van der Waals surface area (Å²) in [6.07, 6.45) is 0. The topological polar surface area (TPSA) is 68.3 Å². The second-order valence-corrected chi connectivity index (χ2v) is 3.75. The van der Waals surface area contributed by atoms with Gasteiger partial charge in [-0.15, -0.1) is 0 Å². The maximum Gasteiger partial charge on any atom is 0.268 e. The van der Waals surface area contributed by atoms with E-state index in [1.165, 1.54) is 0 Å². The van der Waals surface area contributed by atoms with Gasteiger partial charge in [0.15, 0.2) is 0 Å². The standard InChI is InChI=1S/C13H10N2O2/c14-15-13(16)10-6-3-5-9-8-4-1-2-7-11(8)17-12(9)10/h1-7H,14H2,(H,15,16). The van der Waals surface area contributed by atoms with Crippen molar-refractivity contribution in [1.82, 2.24) is 5.43 Å². The van der Waals surface area contributed by atoms with Crippen LogP contribution in [0.2, 0.25) is 0 Å². The van der Waals surface area contributed by atoms with Crippen molar-refractivity contribution in [3.05, 3.63) is 48.0 Å². The highest BCUT2D eigenvalue weighted by Gasteiger charge is 2.14. The summed E-state index contributed by atoms with van der Waals surface area (Å²) < 4.78 is 5.69. The van der Waals surface area contributed by atoms with Crippen LogP contribution in [0.15, 0.2) is 46.9 Å². The first kappa shape index (κ1) is 9.86. The molecule has 0 fully saturated rings. The molecule has 3 N–H and O–H groups in total. The van der Waals surface area contributed by atoms with E-state index in [9.17, 15) is 4.79 Å². The molecule has 0 aliphatic heterocycles. The quantitative estimate of drug-likeness (QED) is 0.379. The number of nitrogens with one attached hydrogen (secondary N) is 1. The molecule has 0 radical (unpaired) electrons. The monoisotopic (exact) mass is 226 g/mol. The minimum absolute atomic E-state index is 0.352. The van der Waals surface area contributed by atoms with Gasteiger partial charge in [-0.2, -0.15) is 0 Å². The molecule has 0 saturated carbocycles. The lowest BCUT2D eigenvalue weighted by Crippen LogP contribution is -2.30. The molecule has 0 atom stereocenters. The first-order valence-corrected chi connectivity index (χ1v) is 5.22. The zero-order valence-corrected chi connectivity index (χ0v) is 8.94. The summed E-state index contributed by atoms with van der Waals surface area (Å²) in [5.41, 5.74) is 3.89. The van der Waals surface area contributed by atoms with Crippen LogP contribution in [-0.2, 0) is 0 Å². The fourth-order valence-corrected chi connectivity index (χ4v) is 2.00. The molecule has 3 rings (SSSR count). The molecule has 2 aromatic carbocycles. The molecule has 0 aliphatic rings. The number of nitrogens with two attached hydrogens (primary N) is 1. The number of hydrogen-bond acceptors (Lipinski definition) is 3. The molecule has 1 aromatic heterocycles. The van der Waals surface area contributed by atoms with Gasteiger partial charge in [0.05, 0.1) is 5.56 Å². The Bertz CT molecular complexity index is 716. The van der Waals surface area contributed by atoms with Crippen molar-refractivity contribution in [2.24, 2.45) is 5.84 Å². The van der Waals surface area contributed by atoms with Crippen molar-refractivity contribution >= 4 is 27.8 Å². The third kappa shape index (κ3) is 1.38. The predicted octanol–water partition coefficient (Wildman–Crippen LogP) is 2.19. The smallest absolute Gasteiger partial charge is 0.268 e. The van der Waals surface area contributed by atoms with E-state index in [1.807, 2.05) is 36.4 Å². The lowest BCUT2D eigenvalue weighted by Gasteiger charge is -1.99. The normalized spacial score (nSPS) is 10.9. The number of para-hydroxylation sites is 2. The van der Waals surface area contributed by atoms with E-state index >= 15 is 0 Å². The third-order valence-corrected chi connectivity index (χ3v) is 2.78. The number of carbonyl (C=O) groups is 1. The van der Waals surface area contributed by atoms with Crippen LogP contribution in [-0.4, -0.2) is 5.91 Å². The second-order valence-electron chi connectivity index (χ2n) is 3.75. The number of nitrogen functional groups attached to an aromatic ring is 1. The molecule has 3 aromatic rings. The number of amides is 1. The van der Waals surface area contributed by atoms with Crippen molar-refractivity contribution in [2.75, 3.05) is 0 Å². The Morgan fingerprint density at radius 2 is 1.82 bits per heavy atom. The van der Waals surface area contributed by atoms with Crippen molar-refractivity contribution in [3.63, 3.8) is 0 Å². The van der Waals surface area contributed by atoms with Crippen LogP contribution >= 0.6 is 0 Å². The molecule has 1 amide bonds. The SMILES string of the molecule is NNC(=O)c1cccc2c1oc1ccccc12. The van der Waals surface area contributed by atoms with Gasteiger partial charge in [0.25, 0.3) is 5.91 Å². The Balaban J connectivity index is 2.43. The average Bonchev–Trinajstić information content (AvgIpc) is 2.76. The highest BCUT2D eigenvalue weighted by molar-refractivity contribution is 6.12. The molecule has 0 aliphatic carbocycles. The number of fused-ring (bicyclic) bond motifs is 3. The van der Waals surface area contributed by atoms with Crippen LogP contribution in [0.5, 0.6) is 0 Å². The van der Waals surface area contributed by atoms with Gasteiger partial charge in [-0.3, -0.25) is 10.2 Å². The Labute approximate surface area is 97.0 Å². The molecule has 84 valence electrons. The first-order chi connectivity index (χ1) is 8.31. The molecular formula is C13H10N2O2. The molecule has 0 saturated heterocycles. The zero-order chi connectivity index (χ0) is 11.8. The molecule has 1 heterocycles. The van der Waals surface area contributed by atoms with Crippen LogP contribution < -0.4 is 11.3 Å². The maximum atomic E-state index is 11.6. The van der Waals surface area contributed by atoms with Crippen molar-refractivity contribution < 1.29 is 9.21 Å². The van der Waals surface area contributed by atoms with E-state index in [0.29, 0.717) is 11.1 Å². The lowest BCUT2D eigenvalue weighted by molar-refractivity contribution is 0.0954. The molecule has 0 spiro atoms. The van der Waals surface area contributed by atoms with Gasteiger partial charge in [0.2, 0.25) is 0 Å². The van der Waals surface area contributed by atoms with Gasteiger partial charge in [0.1, 0.15) is 11.2 Å². The summed E-state index contributed by atoms with van der Waals surface area (Å²) in [6, 6.07) is 13.1. The molecule has 0 bridgehead atoms. The van der Waals surface area contributed by atoms with Gasteiger partial charge in [-0.25, -0.2) is 5.84 Å². The Morgan fingerprint density at radius 1 is 1.06 bits per heavy atom. The summed E-state index contributed by atoms with van der Waals surface area (Å²) in [5.74, 6) is 4.80. The molecular weight excluding hydrogens is 216 g/mol. The lowest BCUT2D eigenvalue weighted by atomic mass is 10.1. The van der Waals surface area contributed by atoms with Gasteiger partial charge in [-0.05, 0) is 12.1 Å². The summed E-state index contributed by atoms with van der Waals surface area (Å²) in [5, 5.41) is 1.91. The maximum absolute atomic E-state index is 11.6. The van der Waals surface area contributed by atoms with Crippen LogP contribution in [0.4, 0.5) is 0 Å². The van der Waals surface area contributed by atoms with Crippen LogP contribution in [0.1, 0.15) is 10.4 Å². The fourth-order valence-electron chi connectivity index (χ4n) is 2.00. The first-order valence-electron chi connectivity index (χ1n) is 5.22. The highest BCUT2D eigenvalue weighted by Crippen LogP contribution is 2.30. The van der Waals surface area contributed by atoms with Gasteiger partial charge < -0.3 is 4.42 Å². The fraction of sp³-hybridized carbons (Fsp3) is 0. The van der Waals surface area contributed by atoms with Crippen LogP contribution in [0.3, 0.4) is 0 Å². The van der Waals surface area contributed by atoms with E-state index in [-0.39, 0.29) is 5.91 Å². The number of hydrogen-bond donors (Lipinski definition) is 2. The number of benzene rings is 2. The van der Waals surface area contributed by atoms with E-state index in [0.717, 1.165) is 16.4 Å². The number of carbonyl (C=O) groups excluding carboxylic acids is 1. The van der Waals surface area contributed by atoms with Crippen molar-refractivity contribution in [3.8, 4) is 0 Å². The summed E-state index contributed by atoms with van der Waals surface area (Å²) in [4.78, 5) is 11.6. The van der Waals surface area contributed by atoms with Crippen molar-refractivity contribution in [1.29, 1.82) is 0 Å². The predicted molar refractivity (Wildman–Crippen MR) is 65.4 cm³/mol. The average molecular weight is 226 g/mol. The minimum atomic E-state index is -0.352. The van der Waals surface area contributed by atoms with Gasteiger partial charge in [0, 0.05) is 10.8 Å². The second kappa shape index (κ2) is 3.61. The van der Waals surface area contributed by atoms with Gasteiger partial charge >= 0.3 is 0 Å². The Morgan fingerprint density at radius 3 is 2.65 bits per heavy atom. The highest BCUT2D eigenvalue weighted by atomic mass is 16.3.